The van der Waals surface area contributed by atoms with Gasteiger partial charge in [0.2, 0.25) is 5.91 Å². The number of carbonyl (C=O) groups excluding carboxylic acids is 1. The minimum absolute atomic E-state index is 0.0239. The first-order valence-corrected chi connectivity index (χ1v) is 15.5. The molecule has 1 atom stereocenters. The highest BCUT2D eigenvalue weighted by atomic mass is 16.5. The van der Waals surface area contributed by atoms with Crippen molar-refractivity contribution in [2.45, 2.75) is 32.0 Å². The molecule has 6 nitrogen and oxygen atoms in total. The van der Waals surface area contributed by atoms with E-state index in [1.165, 1.54) is 0 Å². The third-order valence-electron chi connectivity index (χ3n) is 8.26. The summed E-state index contributed by atoms with van der Waals surface area (Å²) in [6.07, 6.45) is 2.47. The Balaban J connectivity index is 1.34. The predicted octanol–water partition coefficient (Wildman–Crippen LogP) is 8.12. The largest absolute Gasteiger partial charge is 0.497 e. The van der Waals surface area contributed by atoms with Crippen LogP contribution in [0.5, 0.6) is 17.2 Å². The first-order chi connectivity index (χ1) is 22.6. The number of carbonyl (C=O) groups is 1. The fourth-order valence-electron chi connectivity index (χ4n) is 5.83. The Kier molecular flexibility index (Phi) is 9.64. The Morgan fingerprint density at radius 3 is 2.13 bits per heavy atom. The van der Waals surface area contributed by atoms with Gasteiger partial charge < -0.3 is 24.1 Å². The highest BCUT2D eigenvalue weighted by Crippen LogP contribution is 2.39. The van der Waals surface area contributed by atoms with Crippen LogP contribution in [0.15, 0.2) is 134 Å². The molecule has 0 fully saturated rings. The Hall–Kier alpha value is -5.49. The number of nitrogens with zero attached hydrogens (tertiary/aromatic N) is 1. The van der Waals surface area contributed by atoms with E-state index >= 15 is 0 Å². The van der Waals surface area contributed by atoms with Crippen LogP contribution in [0.3, 0.4) is 0 Å². The number of para-hydroxylation sites is 1. The molecule has 0 radical (unpaired) electrons. The second-order valence-corrected chi connectivity index (χ2v) is 11.3. The van der Waals surface area contributed by atoms with Crippen molar-refractivity contribution < 1.29 is 19.0 Å². The monoisotopic (exact) mass is 610 g/mol. The van der Waals surface area contributed by atoms with Gasteiger partial charge in [-0.15, -0.1) is 0 Å². The van der Waals surface area contributed by atoms with E-state index in [1.54, 1.807) is 14.2 Å². The van der Waals surface area contributed by atoms with Crippen LogP contribution in [0.25, 0.3) is 10.9 Å². The minimum atomic E-state index is -0.227. The van der Waals surface area contributed by atoms with E-state index in [2.05, 4.69) is 52.5 Å². The van der Waals surface area contributed by atoms with Crippen LogP contribution in [-0.4, -0.2) is 24.7 Å². The van der Waals surface area contributed by atoms with Gasteiger partial charge in [0.15, 0.2) is 11.5 Å². The zero-order valence-corrected chi connectivity index (χ0v) is 26.2. The zero-order chi connectivity index (χ0) is 31.7. The van der Waals surface area contributed by atoms with E-state index in [1.807, 2.05) is 91.0 Å². The average molecular weight is 611 g/mol. The van der Waals surface area contributed by atoms with Crippen molar-refractivity contribution in [1.29, 1.82) is 0 Å². The summed E-state index contributed by atoms with van der Waals surface area (Å²) in [5.41, 5.74) is 6.46. The molecule has 1 amide bonds. The molecule has 1 aromatic heterocycles. The maximum absolute atomic E-state index is 13.6. The number of methoxy groups -OCH3 is 2. The van der Waals surface area contributed by atoms with E-state index in [0.29, 0.717) is 31.2 Å². The van der Waals surface area contributed by atoms with Crippen LogP contribution in [0.1, 0.15) is 40.2 Å². The van der Waals surface area contributed by atoms with Crippen molar-refractivity contribution in [2.75, 3.05) is 14.2 Å². The van der Waals surface area contributed by atoms with Gasteiger partial charge in [-0.25, -0.2) is 0 Å². The lowest BCUT2D eigenvalue weighted by atomic mass is 9.87. The normalized spacial score (nSPS) is 11.6. The van der Waals surface area contributed by atoms with Gasteiger partial charge in [0.05, 0.1) is 14.2 Å². The van der Waals surface area contributed by atoms with Crippen molar-refractivity contribution in [3.05, 3.63) is 161 Å². The number of nitrogens with one attached hydrogen (secondary N) is 1. The molecular weight excluding hydrogens is 572 g/mol. The quantitative estimate of drug-likeness (QED) is 0.143. The van der Waals surface area contributed by atoms with Crippen LogP contribution in [0, 0.1) is 0 Å². The second-order valence-electron chi connectivity index (χ2n) is 11.3. The molecule has 1 heterocycles. The molecule has 6 rings (SSSR count). The first-order valence-electron chi connectivity index (χ1n) is 15.5. The lowest BCUT2D eigenvalue weighted by molar-refractivity contribution is -0.121. The Labute approximate surface area is 270 Å². The predicted molar refractivity (Wildman–Crippen MR) is 183 cm³/mol. The van der Waals surface area contributed by atoms with Gasteiger partial charge in [0.1, 0.15) is 12.4 Å². The third-order valence-corrected chi connectivity index (χ3v) is 8.26. The van der Waals surface area contributed by atoms with Gasteiger partial charge in [0, 0.05) is 42.5 Å². The summed E-state index contributed by atoms with van der Waals surface area (Å²) in [7, 11) is 3.32. The number of hydrogen-bond donors (Lipinski definition) is 1. The highest BCUT2D eigenvalue weighted by Gasteiger charge is 2.24. The standard InChI is InChI=1S/C40H38N2O4/c1-44-33-20-17-30(18-21-33)26-42-27-36(34-15-9-10-16-37(34)42)35(24-40(43)41-25-29-11-5-3-6-12-29)32-19-22-38(39(23-32)45-2)46-28-31-13-7-4-8-14-31/h3-23,27,35H,24-26,28H2,1-2H3,(H,41,43)/t35-/m1/s1. The summed E-state index contributed by atoms with van der Waals surface area (Å²) in [5.74, 6) is 1.86. The van der Waals surface area contributed by atoms with Gasteiger partial charge in [-0.3, -0.25) is 4.79 Å². The number of amides is 1. The fourth-order valence-corrected chi connectivity index (χ4v) is 5.83. The average Bonchev–Trinajstić information content (AvgIpc) is 3.47. The molecule has 5 aromatic carbocycles. The number of rotatable bonds is 13. The van der Waals surface area contributed by atoms with Crippen molar-refractivity contribution >= 4 is 16.8 Å². The van der Waals surface area contributed by atoms with Gasteiger partial charge in [-0.2, -0.15) is 0 Å². The lowest BCUT2D eigenvalue weighted by Gasteiger charge is -2.20. The molecule has 0 spiro atoms. The van der Waals surface area contributed by atoms with Crippen LogP contribution < -0.4 is 19.5 Å². The molecule has 232 valence electrons. The third kappa shape index (κ3) is 7.24. The van der Waals surface area contributed by atoms with E-state index < -0.39 is 0 Å². The molecule has 0 bridgehead atoms. The van der Waals surface area contributed by atoms with E-state index in [9.17, 15) is 4.79 Å². The molecule has 0 saturated heterocycles. The van der Waals surface area contributed by atoms with Gasteiger partial charge in [0.25, 0.3) is 0 Å². The molecule has 0 aliphatic rings. The number of hydrogen-bond acceptors (Lipinski definition) is 4. The van der Waals surface area contributed by atoms with Crippen LogP contribution in [-0.2, 0) is 24.5 Å². The smallest absolute Gasteiger partial charge is 0.221 e. The number of aromatic nitrogens is 1. The fraction of sp³-hybridized carbons (Fsp3) is 0.175. The summed E-state index contributed by atoms with van der Waals surface area (Å²) in [6, 6.07) is 42.5. The molecule has 0 unspecified atom stereocenters. The Morgan fingerprint density at radius 1 is 0.717 bits per heavy atom. The lowest BCUT2D eigenvalue weighted by Crippen LogP contribution is -2.25. The number of benzene rings is 5. The van der Waals surface area contributed by atoms with Crippen molar-refractivity contribution in [1.82, 2.24) is 9.88 Å². The van der Waals surface area contributed by atoms with Gasteiger partial charge in [-0.05, 0) is 58.1 Å². The molecule has 6 aromatic rings. The molecule has 0 aliphatic carbocycles. The summed E-state index contributed by atoms with van der Waals surface area (Å²) >= 11 is 0. The van der Waals surface area contributed by atoms with Crippen molar-refractivity contribution in [3.63, 3.8) is 0 Å². The Bertz CT molecular complexity index is 1880. The maximum Gasteiger partial charge on any atom is 0.221 e. The summed E-state index contributed by atoms with van der Waals surface area (Å²) < 4.78 is 19.6. The van der Waals surface area contributed by atoms with Crippen molar-refractivity contribution in [3.8, 4) is 17.2 Å². The summed E-state index contributed by atoms with van der Waals surface area (Å²) in [6.45, 7) is 1.59. The molecule has 46 heavy (non-hydrogen) atoms. The van der Waals surface area contributed by atoms with E-state index in [0.717, 1.165) is 44.5 Å². The summed E-state index contributed by atoms with van der Waals surface area (Å²) in [4.78, 5) is 13.6. The van der Waals surface area contributed by atoms with Crippen LogP contribution >= 0.6 is 0 Å². The maximum atomic E-state index is 13.6. The molecular formula is C40H38N2O4. The van der Waals surface area contributed by atoms with Crippen molar-refractivity contribution in [2.24, 2.45) is 0 Å². The zero-order valence-electron chi connectivity index (χ0n) is 26.2. The molecule has 1 N–H and O–H groups in total. The number of fused-ring (bicyclic) bond motifs is 1. The number of ether oxygens (including phenoxy) is 3. The highest BCUT2D eigenvalue weighted by molar-refractivity contribution is 5.87. The molecule has 0 saturated carbocycles. The summed E-state index contributed by atoms with van der Waals surface area (Å²) in [5, 5.41) is 4.25. The SMILES string of the molecule is COc1ccc(Cn2cc([C@H](CC(=O)NCc3ccccc3)c3ccc(OCc4ccccc4)c(OC)c3)c3ccccc32)cc1. The van der Waals surface area contributed by atoms with E-state index in [-0.39, 0.29) is 18.2 Å². The first kappa shape index (κ1) is 30.5. The van der Waals surface area contributed by atoms with Crippen LogP contribution in [0.2, 0.25) is 0 Å². The molecule has 6 heteroatoms. The van der Waals surface area contributed by atoms with Gasteiger partial charge in [-0.1, -0.05) is 97.1 Å². The van der Waals surface area contributed by atoms with Crippen LogP contribution in [0.4, 0.5) is 0 Å². The van der Waals surface area contributed by atoms with Gasteiger partial charge >= 0.3 is 0 Å². The van der Waals surface area contributed by atoms with E-state index in [4.69, 9.17) is 14.2 Å². The Morgan fingerprint density at radius 2 is 1.41 bits per heavy atom. The second kappa shape index (κ2) is 14.5. The minimum Gasteiger partial charge on any atom is -0.497 e. The topological polar surface area (TPSA) is 61.7 Å². The molecule has 0 aliphatic heterocycles.